The third-order valence-corrected chi connectivity index (χ3v) is 3.85. The van der Waals surface area contributed by atoms with Gasteiger partial charge in [0.05, 0.1) is 13.2 Å². The molecular formula is C19H20N2O4. The number of rotatable bonds is 6. The fourth-order valence-corrected chi connectivity index (χ4v) is 2.64. The molecule has 0 aliphatic carbocycles. The molecule has 130 valence electrons. The number of furan rings is 1. The number of amides is 1. The van der Waals surface area contributed by atoms with Crippen LogP contribution in [0.3, 0.4) is 0 Å². The van der Waals surface area contributed by atoms with E-state index in [0.29, 0.717) is 11.4 Å². The number of carbonyl (C=O) groups is 1. The van der Waals surface area contributed by atoms with Crippen LogP contribution in [0, 0.1) is 0 Å². The molecule has 0 saturated carbocycles. The third kappa shape index (κ3) is 3.75. The Morgan fingerprint density at radius 2 is 1.96 bits per heavy atom. The van der Waals surface area contributed by atoms with Gasteiger partial charge in [-0.15, -0.1) is 0 Å². The quantitative estimate of drug-likeness (QED) is 0.639. The zero-order chi connectivity index (χ0) is 17.8. The van der Waals surface area contributed by atoms with Crippen LogP contribution in [0.4, 0.5) is 11.4 Å². The molecule has 0 aliphatic rings. The number of aliphatic hydroxyl groups excluding tert-OH is 1. The van der Waals surface area contributed by atoms with Gasteiger partial charge in [0, 0.05) is 16.8 Å². The Kier molecular flexibility index (Phi) is 4.90. The van der Waals surface area contributed by atoms with E-state index in [9.17, 15) is 4.79 Å². The molecule has 1 aromatic heterocycles. The van der Waals surface area contributed by atoms with E-state index in [2.05, 4.69) is 10.6 Å². The van der Waals surface area contributed by atoms with Crippen LogP contribution in [-0.4, -0.2) is 24.7 Å². The zero-order valence-corrected chi connectivity index (χ0v) is 14.1. The predicted octanol–water partition coefficient (Wildman–Crippen LogP) is 3.55. The molecule has 0 aliphatic heterocycles. The van der Waals surface area contributed by atoms with Gasteiger partial charge >= 0.3 is 0 Å². The molecule has 0 bridgehead atoms. The fraction of sp³-hybridized carbons (Fsp3) is 0.211. The number of hydrogen-bond donors (Lipinski definition) is 3. The molecule has 1 heterocycles. The zero-order valence-electron chi connectivity index (χ0n) is 14.1. The molecule has 0 spiro atoms. The van der Waals surface area contributed by atoms with Crippen molar-refractivity contribution in [3.05, 3.63) is 54.3 Å². The first-order chi connectivity index (χ1) is 12.1. The number of aliphatic hydroxyl groups is 1. The van der Waals surface area contributed by atoms with Crippen molar-refractivity contribution in [1.82, 2.24) is 0 Å². The Labute approximate surface area is 145 Å². The largest absolute Gasteiger partial charge is 0.493 e. The second-order valence-corrected chi connectivity index (χ2v) is 5.68. The minimum Gasteiger partial charge on any atom is -0.493 e. The first-order valence-electron chi connectivity index (χ1n) is 7.94. The summed E-state index contributed by atoms with van der Waals surface area (Å²) >= 11 is 0. The lowest BCUT2D eigenvalue weighted by molar-refractivity contribution is -0.118. The predicted molar refractivity (Wildman–Crippen MR) is 97.0 cm³/mol. The van der Waals surface area contributed by atoms with Crippen molar-refractivity contribution >= 4 is 28.3 Å². The molecule has 3 N–H and O–H groups in total. The number of para-hydroxylation sites is 1. The first kappa shape index (κ1) is 16.9. The van der Waals surface area contributed by atoms with Crippen LogP contribution in [0.25, 0.3) is 11.0 Å². The topological polar surface area (TPSA) is 83.7 Å². The van der Waals surface area contributed by atoms with E-state index in [-0.39, 0.29) is 6.04 Å². The van der Waals surface area contributed by atoms with Gasteiger partial charge in [0.25, 0.3) is 0 Å². The van der Waals surface area contributed by atoms with Gasteiger partial charge in [0.15, 0.2) is 11.3 Å². The minimum absolute atomic E-state index is 0.0825. The van der Waals surface area contributed by atoms with Crippen molar-refractivity contribution in [1.29, 1.82) is 0 Å². The van der Waals surface area contributed by atoms with Gasteiger partial charge in [0.2, 0.25) is 5.91 Å². The third-order valence-electron chi connectivity index (χ3n) is 3.85. The van der Waals surface area contributed by atoms with Gasteiger partial charge in [-0.05, 0) is 37.3 Å². The molecule has 0 fully saturated rings. The van der Waals surface area contributed by atoms with E-state index in [4.69, 9.17) is 14.3 Å². The van der Waals surface area contributed by atoms with Crippen LogP contribution in [0.2, 0.25) is 0 Å². The van der Waals surface area contributed by atoms with E-state index >= 15 is 0 Å². The van der Waals surface area contributed by atoms with Crippen molar-refractivity contribution in [2.24, 2.45) is 0 Å². The van der Waals surface area contributed by atoms with Gasteiger partial charge in [-0.25, -0.2) is 0 Å². The van der Waals surface area contributed by atoms with Crippen LogP contribution in [0.1, 0.15) is 18.7 Å². The number of ether oxygens (including phenoxy) is 1. The maximum atomic E-state index is 11.3. The van der Waals surface area contributed by atoms with Gasteiger partial charge < -0.3 is 24.9 Å². The molecule has 0 saturated heterocycles. The maximum absolute atomic E-state index is 11.3. The summed E-state index contributed by atoms with van der Waals surface area (Å²) < 4.78 is 11.3. The molecule has 6 nitrogen and oxygen atoms in total. The molecule has 1 amide bonds. The van der Waals surface area contributed by atoms with Crippen LogP contribution >= 0.6 is 0 Å². The summed E-state index contributed by atoms with van der Waals surface area (Å²) in [5, 5.41) is 15.8. The van der Waals surface area contributed by atoms with Crippen molar-refractivity contribution in [2.45, 2.75) is 13.0 Å². The Hall–Kier alpha value is -2.99. The van der Waals surface area contributed by atoms with E-state index in [0.717, 1.165) is 22.4 Å². The number of methoxy groups -OCH3 is 1. The summed E-state index contributed by atoms with van der Waals surface area (Å²) in [5.74, 6) is 1.03. The highest BCUT2D eigenvalue weighted by Crippen LogP contribution is 2.32. The molecule has 1 unspecified atom stereocenters. The normalized spacial score (nSPS) is 12.0. The average Bonchev–Trinajstić information content (AvgIpc) is 3.06. The van der Waals surface area contributed by atoms with Crippen LogP contribution in [0.15, 0.2) is 52.9 Å². The number of carbonyl (C=O) groups excluding carboxylic acids is 1. The average molecular weight is 340 g/mol. The van der Waals surface area contributed by atoms with E-state index in [1.165, 1.54) is 0 Å². The summed E-state index contributed by atoms with van der Waals surface area (Å²) in [6.45, 7) is 1.44. The number of nitrogens with one attached hydrogen (secondary N) is 2. The Morgan fingerprint density at radius 3 is 2.72 bits per heavy atom. The SMILES string of the molecule is COc1cccc2cc(C(C)Nc3cccc(NC(=O)CO)c3)oc12. The monoisotopic (exact) mass is 340 g/mol. The van der Waals surface area contributed by atoms with E-state index in [1.807, 2.05) is 43.3 Å². The lowest BCUT2D eigenvalue weighted by Gasteiger charge is -2.14. The van der Waals surface area contributed by atoms with Crippen LogP contribution in [-0.2, 0) is 4.79 Å². The second-order valence-electron chi connectivity index (χ2n) is 5.68. The first-order valence-corrected chi connectivity index (χ1v) is 7.94. The van der Waals surface area contributed by atoms with Crippen LogP contribution in [0.5, 0.6) is 5.75 Å². The number of fused-ring (bicyclic) bond motifs is 1. The lowest BCUT2D eigenvalue weighted by Crippen LogP contribution is -2.15. The van der Waals surface area contributed by atoms with E-state index in [1.54, 1.807) is 19.2 Å². The van der Waals surface area contributed by atoms with Gasteiger partial charge in [-0.1, -0.05) is 18.2 Å². The van der Waals surface area contributed by atoms with Gasteiger partial charge in [-0.2, -0.15) is 0 Å². The molecule has 0 radical (unpaired) electrons. The molecule has 6 heteroatoms. The summed E-state index contributed by atoms with van der Waals surface area (Å²) in [6.07, 6.45) is 0. The highest BCUT2D eigenvalue weighted by molar-refractivity contribution is 5.92. The summed E-state index contributed by atoms with van der Waals surface area (Å²) in [7, 11) is 1.62. The molecular weight excluding hydrogens is 320 g/mol. The minimum atomic E-state index is -0.547. The summed E-state index contributed by atoms with van der Waals surface area (Å²) in [4.78, 5) is 11.3. The maximum Gasteiger partial charge on any atom is 0.250 e. The number of benzene rings is 2. The number of anilines is 2. The van der Waals surface area contributed by atoms with Crippen molar-refractivity contribution in [3.63, 3.8) is 0 Å². The highest BCUT2D eigenvalue weighted by atomic mass is 16.5. The van der Waals surface area contributed by atoms with Crippen LogP contribution < -0.4 is 15.4 Å². The molecule has 25 heavy (non-hydrogen) atoms. The smallest absolute Gasteiger partial charge is 0.250 e. The Bertz CT molecular complexity index is 888. The van der Waals surface area contributed by atoms with Gasteiger partial charge in [-0.3, -0.25) is 4.79 Å². The van der Waals surface area contributed by atoms with Crippen molar-refractivity contribution in [2.75, 3.05) is 24.4 Å². The van der Waals surface area contributed by atoms with Crippen molar-refractivity contribution in [3.8, 4) is 5.75 Å². The summed E-state index contributed by atoms with van der Waals surface area (Å²) in [6, 6.07) is 14.9. The Balaban J connectivity index is 1.79. The summed E-state index contributed by atoms with van der Waals surface area (Å²) in [5.41, 5.74) is 2.16. The molecule has 3 aromatic rings. The highest BCUT2D eigenvalue weighted by Gasteiger charge is 2.14. The molecule has 2 aromatic carbocycles. The Morgan fingerprint density at radius 1 is 1.20 bits per heavy atom. The lowest BCUT2D eigenvalue weighted by atomic mass is 10.2. The van der Waals surface area contributed by atoms with E-state index < -0.39 is 12.5 Å². The number of hydrogen-bond acceptors (Lipinski definition) is 5. The second kappa shape index (κ2) is 7.27. The molecule has 3 rings (SSSR count). The van der Waals surface area contributed by atoms with Crippen molar-refractivity contribution < 1.29 is 19.1 Å². The standard InChI is InChI=1S/C19H20N2O4/c1-12(17-9-13-5-3-8-16(24-2)19(13)25-17)20-14-6-4-7-15(10-14)21-18(23)11-22/h3-10,12,20,22H,11H2,1-2H3,(H,21,23). The van der Waals surface area contributed by atoms with Gasteiger partial charge in [0.1, 0.15) is 12.4 Å². The molecule has 1 atom stereocenters. The fourth-order valence-electron chi connectivity index (χ4n) is 2.64.